The number of para-hydroxylation sites is 1. The average Bonchev–Trinajstić information content (AvgIpc) is 2.55. The molecule has 116 valence electrons. The van der Waals surface area contributed by atoms with Crippen LogP contribution in [0.2, 0.25) is 0 Å². The first-order chi connectivity index (χ1) is 10.4. The summed E-state index contributed by atoms with van der Waals surface area (Å²) in [7, 11) is 0. The van der Waals surface area contributed by atoms with Gasteiger partial charge in [0.05, 0.1) is 13.2 Å². The van der Waals surface area contributed by atoms with Gasteiger partial charge in [0.25, 0.3) is 0 Å². The van der Waals surface area contributed by atoms with E-state index in [-0.39, 0.29) is 0 Å². The normalized spacial score (nSPS) is 22.4. The Morgan fingerprint density at radius 2 is 2.10 bits per heavy atom. The smallest absolute Gasteiger partial charge is 0.165 e. The second-order valence-electron chi connectivity index (χ2n) is 5.82. The number of fused-ring (bicyclic) bond motifs is 1. The number of hydrogen-bond acceptors (Lipinski definition) is 3. The van der Waals surface area contributed by atoms with E-state index in [1.165, 1.54) is 37.9 Å². The first-order valence-corrected chi connectivity index (χ1v) is 9.21. The van der Waals surface area contributed by atoms with Crippen molar-refractivity contribution in [3.8, 4) is 11.5 Å². The first kappa shape index (κ1) is 15.2. The van der Waals surface area contributed by atoms with Crippen LogP contribution in [0.25, 0.3) is 0 Å². The number of ether oxygens (including phenoxy) is 2. The van der Waals surface area contributed by atoms with Gasteiger partial charge in [-0.2, -0.15) is 0 Å². The summed E-state index contributed by atoms with van der Waals surface area (Å²) in [6, 6.07) is 6.86. The highest BCUT2D eigenvalue weighted by atomic mass is 79.9. The monoisotopic (exact) mass is 353 g/mol. The Morgan fingerprint density at radius 1 is 1.24 bits per heavy atom. The van der Waals surface area contributed by atoms with Crippen molar-refractivity contribution in [3.05, 3.63) is 23.8 Å². The van der Waals surface area contributed by atoms with Gasteiger partial charge >= 0.3 is 0 Å². The summed E-state index contributed by atoms with van der Waals surface area (Å²) in [4.78, 5) is 2.63. The number of piperidine rings is 1. The number of likely N-dealkylation sites (tertiary alicyclic amines) is 1. The van der Waals surface area contributed by atoms with Gasteiger partial charge in [0, 0.05) is 23.4 Å². The van der Waals surface area contributed by atoms with E-state index in [1.54, 1.807) is 0 Å². The minimum Gasteiger partial charge on any atom is -0.490 e. The van der Waals surface area contributed by atoms with Gasteiger partial charge in [-0.1, -0.05) is 34.5 Å². The Kier molecular flexibility index (Phi) is 5.42. The van der Waals surface area contributed by atoms with Crippen molar-refractivity contribution in [3.63, 3.8) is 0 Å². The van der Waals surface area contributed by atoms with E-state index in [0.29, 0.717) is 6.04 Å². The highest BCUT2D eigenvalue weighted by Gasteiger charge is 2.29. The molecule has 1 unspecified atom stereocenters. The lowest BCUT2D eigenvalue weighted by molar-refractivity contribution is 0.116. The van der Waals surface area contributed by atoms with Crippen LogP contribution in [-0.4, -0.2) is 36.5 Å². The second kappa shape index (κ2) is 7.50. The van der Waals surface area contributed by atoms with Crippen molar-refractivity contribution in [1.29, 1.82) is 0 Å². The Labute approximate surface area is 135 Å². The van der Waals surface area contributed by atoms with Crippen LogP contribution in [0, 0.1) is 0 Å². The van der Waals surface area contributed by atoms with E-state index in [2.05, 4.69) is 33.0 Å². The molecule has 21 heavy (non-hydrogen) atoms. The molecule has 4 heteroatoms. The molecule has 0 N–H and O–H groups in total. The third-order valence-electron chi connectivity index (χ3n) is 4.37. The number of halogens is 1. The Bertz CT molecular complexity index is 460. The fourth-order valence-corrected chi connectivity index (χ4v) is 3.57. The van der Waals surface area contributed by atoms with Gasteiger partial charge in [0.15, 0.2) is 11.5 Å². The molecule has 0 aromatic heterocycles. The highest BCUT2D eigenvalue weighted by Crippen LogP contribution is 2.42. The van der Waals surface area contributed by atoms with Crippen LogP contribution in [0.5, 0.6) is 11.5 Å². The SMILES string of the molecule is BrCCCOc1cccc2c1OCCC2N1CCCCC1. The summed E-state index contributed by atoms with van der Waals surface area (Å²) >= 11 is 3.44. The molecule has 1 aromatic rings. The van der Waals surface area contributed by atoms with Gasteiger partial charge < -0.3 is 9.47 Å². The van der Waals surface area contributed by atoms with Crippen LogP contribution in [0.4, 0.5) is 0 Å². The molecule has 0 radical (unpaired) electrons. The molecule has 0 saturated carbocycles. The summed E-state index contributed by atoms with van der Waals surface area (Å²) < 4.78 is 11.8. The Balaban J connectivity index is 1.78. The van der Waals surface area contributed by atoms with Gasteiger partial charge in [-0.25, -0.2) is 0 Å². The van der Waals surface area contributed by atoms with Crippen LogP contribution >= 0.6 is 15.9 Å². The fourth-order valence-electron chi connectivity index (χ4n) is 3.34. The summed E-state index contributed by atoms with van der Waals surface area (Å²) in [6.07, 6.45) is 6.14. The lowest BCUT2D eigenvalue weighted by Gasteiger charge is -2.38. The summed E-state index contributed by atoms with van der Waals surface area (Å²) in [5, 5.41) is 0.972. The predicted molar refractivity (Wildman–Crippen MR) is 88.6 cm³/mol. The Morgan fingerprint density at radius 3 is 2.90 bits per heavy atom. The topological polar surface area (TPSA) is 21.7 Å². The van der Waals surface area contributed by atoms with E-state index in [4.69, 9.17) is 9.47 Å². The van der Waals surface area contributed by atoms with Gasteiger partial charge in [-0.05, 0) is 38.4 Å². The third kappa shape index (κ3) is 3.54. The molecule has 2 aliphatic rings. The number of benzene rings is 1. The molecule has 3 rings (SSSR count). The molecule has 1 atom stereocenters. The van der Waals surface area contributed by atoms with E-state index in [0.717, 1.165) is 42.9 Å². The number of nitrogens with zero attached hydrogens (tertiary/aromatic N) is 1. The molecule has 0 amide bonds. The zero-order valence-electron chi connectivity index (χ0n) is 12.5. The van der Waals surface area contributed by atoms with Crippen LogP contribution in [0.3, 0.4) is 0 Å². The number of hydrogen-bond donors (Lipinski definition) is 0. The van der Waals surface area contributed by atoms with Gasteiger partial charge in [0.1, 0.15) is 0 Å². The predicted octanol–water partition coefficient (Wildman–Crippen LogP) is 4.16. The zero-order valence-corrected chi connectivity index (χ0v) is 14.1. The molecule has 1 saturated heterocycles. The van der Waals surface area contributed by atoms with Crippen molar-refractivity contribution in [2.75, 3.05) is 31.6 Å². The quantitative estimate of drug-likeness (QED) is 0.585. The van der Waals surface area contributed by atoms with Crippen molar-refractivity contribution in [2.24, 2.45) is 0 Å². The summed E-state index contributed by atoms with van der Waals surface area (Å²) in [6.45, 7) is 3.98. The van der Waals surface area contributed by atoms with E-state index >= 15 is 0 Å². The van der Waals surface area contributed by atoms with Gasteiger partial charge in [0.2, 0.25) is 0 Å². The molecular weight excluding hydrogens is 330 g/mol. The van der Waals surface area contributed by atoms with Crippen LogP contribution in [0.15, 0.2) is 18.2 Å². The molecule has 0 bridgehead atoms. The maximum atomic E-state index is 5.94. The largest absolute Gasteiger partial charge is 0.490 e. The van der Waals surface area contributed by atoms with Crippen molar-refractivity contribution in [2.45, 2.75) is 38.1 Å². The zero-order chi connectivity index (χ0) is 14.5. The maximum absolute atomic E-state index is 5.94. The molecule has 2 heterocycles. The Hall–Kier alpha value is -0.740. The summed E-state index contributed by atoms with van der Waals surface area (Å²) in [5.41, 5.74) is 1.32. The molecule has 1 aromatic carbocycles. The average molecular weight is 354 g/mol. The molecule has 3 nitrogen and oxygen atoms in total. The van der Waals surface area contributed by atoms with Crippen molar-refractivity contribution in [1.82, 2.24) is 4.90 Å². The van der Waals surface area contributed by atoms with E-state index in [1.807, 2.05) is 6.07 Å². The lowest BCUT2D eigenvalue weighted by Crippen LogP contribution is -2.36. The second-order valence-corrected chi connectivity index (χ2v) is 6.61. The molecule has 0 aliphatic carbocycles. The van der Waals surface area contributed by atoms with Crippen molar-refractivity contribution >= 4 is 15.9 Å². The van der Waals surface area contributed by atoms with Crippen LogP contribution in [0.1, 0.15) is 43.7 Å². The standard InChI is InChI=1S/C17H24BrNO2/c18-9-5-12-20-16-7-4-6-14-15(8-13-21-17(14)16)19-10-2-1-3-11-19/h4,6-7,15H,1-3,5,8-13H2. The van der Waals surface area contributed by atoms with E-state index < -0.39 is 0 Å². The third-order valence-corrected chi connectivity index (χ3v) is 4.93. The molecule has 2 aliphatic heterocycles. The minimum atomic E-state index is 0.508. The molecule has 1 fully saturated rings. The van der Waals surface area contributed by atoms with Crippen molar-refractivity contribution < 1.29 is 9.47 Å². The lowest BCUT2D eigenvalue weighted by atomic mass is 9.96. The highest BCUT2D eigenvalue weighted by molar-refractivity contribution is 9.09. The fraction of sp³-hybridized carbons (Fsp3) is 0.647. The molecular formula is C17H24BrNO2. The minimum absolute atomic E-state index is 0.508. The number of alkyl halides is 1. The van der Waals surface area contributed by atoms with Crippen LogP contribution < -0.4 is 9.47 Å². The maximum Gasteiger partial charge on any atom is 0.165 e. The van der Waals surface area contributed by atoms with Gasteiger partial charge in [-0.15, -0.1) is 0 Å². The molecule has 0 spiro atoms. The summed E-state index contributed by atoms with van der Waals surface area (Å²) in [5.74, 6) is 1.89. The first-order valence-electron chi connectivity index (χ1n) is 8.08. The van der Waals surface area contributed by atoms with Crippen LogP contribution in [-0.2, 0) is 0 Å². The van der Waals surface area contributed by atoms with E-state index in [9.17, 15) is 0 Å². The number of rotatable bonds is 5. The van der Waals surface area contributed by atoms with Gasteiger partial charge in [-0.3, -0.25) is 4.90 Å².